The summed E-state index contributed by atoms with van der Waals surface area (Å²) in [6, 6.07) is 2.55. The van der Waals surface area contributed by atoms with Crippen LogP contribution in [-0.2, 0) is 6.42 Å². The smallest absolute Gasteiger partial charge is 0.159 e. The van der Waals surface area contributed by atoms with Crippen molar-refractivity contribution in [2.24, 2.45) is 11.8 Å². The fourth-order valence-electron chi connectivity index (χ4n) is 3.63. The van der Waals surface area contributed by atoms with E-state index < -0.39 is 11.6 Å². The molecule has 0 bridgehead atoms. The molecule has 4 heteroatoms. The van der Waals surface area contributed by atoms with Crippen molar-refractivity contribution in [1.29, 1.82) is 0 Å². The summed E-state index contributed by atoms with van der Waals surface area (Å²) in [5.41, 5.74) is 1.20. The fraction of sp³-hybridized carbons (Fsp3) is 0.478. The van der Waals surface area contributed by atoms with Gasteiger partial charge in [0.2, 0.25) is 0 Å². The number of halogens is 2. The standard InChI is InChI=1S/C23H26F2N2/c1-3-5-18-14-26-23(27-15-18)19-12-21(24)20(22(25)13-19)11-10-17-8-6-16(4-2)7-9-17/h12-17H,3-9H2,1-2H3/t16-,17-. The molecule has 0 spiro atoms. The van der Waals surface area contributed by atoms with Gasteiger partial charge in [-0.2, -0.15) is 0 Å². The van der Waals surface area contributed by atoms with Crippen LogP contribution in [0.4, 0.5) is 8.78 Å². The zero-order chi connectivity index (χ0) is 19.2. The highest BCUT2D eigenvalue weighted by Gasteiger charge is 2.18. The Balaban J connectivity index is 1.76. The second kappa shape index (κ2) is 9.08. The lowest BCUT2D eigenvalue weighted by Gasteiger charge is -2.24. The van der Waals surface area contributed by atoms with Gasteiger partial charge < -0.3 is 0 Å². The Morgan fingerprint density at radius 2 is 1.63 bits per heavy atom. The maximum absolute atomic E-state index is 14.5. The molecule has 2 aromatic rings. The first-order chi connectivity index (χ1) is 13.1. The van der Waals surface area contributed by atoms with Gasteiger partial charge in [0, 0.05) is 23.9 Å². The van der Waals surface area contributed by atoms with Crippen molar-refractivity contribution in [2.75, 3.05) is 0 Å². The molecule has 27 heavy (non-hydrogen) atoms. The van der Waals surface area contributed by atoms with Crippen LogP contribution in [0.15, 0.2) is 24.5 Å². The number of nitrogens with zero attached hydrogens (tertiary/aromatic N) is 2. The van der Waals surface area contributed by atoms with E-state index in [1.807, 2.05) is 0 Å². The lowest BCUT2D eigenvalue weighted by molar-refractivity contribution is 0.309. The Morgan fingerprint density at radius 3 is 2.19 bits per heavy atom. The molecule has 1 aromatic carbocycles. The Labute approximate surface area is 160 Å². The van der Waals surface area contributed by atoms with E-state index in [2.05, 4.69) is 35.7 Å². The van der Waals surface area contributed by atoms with Crippen molar-refractivity contribution >= 4 is 0 Å². The van der Waals surface area contributed by atoms with E-state index in [9.17, 15) is 8.78 Å². The largest absolute Gasteiger partial charge is 0.236 e. The van der Waals surface area contributed by atoms with Crippen LogP contribution in [0.3, 0.4) is 0 Å². The van der Waals surface area contributed by atoms with Crippen molar-refractivity contribution < 1.29 is 8.78 Å². The third-order valence-electron chi connectivity index (χ3n) is 5.37. The molecule has 2 nitrogen and oxygen atoms in total. The Bertz CT molecular complexity index is 803. The zero-order valence-corrected chi connectivity index (χ0v) is 16.1. The molecule has 0 atom stereocenters. The Morgan fingerprint density at radius 1 is 1.00 bits per heavy atom. The molecule has 1 heterocycles. The van der Waals surface area contributed by atoms with E-state index in [0.29, 0.717) is 11.4 Å². The van der Waals surface area contributed by atoms with Gasteiger partial charge in [-0.05, 0) is 55.7 Å². The summed E-state index contributed by atoms with van der Waals surface area (Å²) < 4.78 is 28.9. The predicted octanol–water partition coefficient (Wildman–Crippen LogP) is 5.94. The summed E-state index contributed by atoms with van der Waals surface area (Å²) in [5.74, 6) is 5.87. The van der Waals surface area contributed by atoms with Crippen molar-refractivity contribution in [3.8, 4) is 23.2 Å². The Kier molecular flexibility index (Phi) is 6.55. The number of hydrogen-bond donors (Lipinski definition) is 0. The molecular weight excluding hydrogens is 342 g/mol. The molecule has 1 aromatic heterocycles. The molecule has 0 radical (unpaired) electrons. The maximum Gasteiger partial charge on any atom is 0.159 e. The van der Waals surface area contributed by atoms with Crippen LogP contribution in [0.2, 0.25) is 0 Å². The van der Waals surface area contributed by atoms with Crippen molar-refractivity contribution in [3.05, 3.63) is 47.3 Å². The molecule has 0 unspecified atom stereocenters. The molecule has 0 N–H and O–H groups in total. The molecular formula is C23H26F2N2. The van der Waals surface area contributed by atoms with Crippen LogP contribution >= 0.6 is 0 Å². The first-order valence-electron chi connectivity index (χ1n) is 9.92. The highest BCUT2D eigenvalue weighted by molar-refractivity contribution is 5.57. The topological polar surface area (TPSA) is 25.8 Å². The van der Waals surface area contributed by atoms with Gasteiger partial charge in [-0.3, -0.25) is 0 Å². The minimum absolute atomic E-state index is 0.154. The van der Waals surface area contributed by atoms with Gasteiger partial charge >= 0.3 is 0 Å². The summed E-state index contributed by atoms with van der Waals surface area (Å²) >= 11 is 0. The lowest BCUT2D eigenvalue weighted by Crippen LogP contribution is -2.12. The van der Waals surface area contributed by atoms with E-state index in [0.717, 1.165) is 50.0 Å². The van der Waals surface area contributed by atoms with Gasteiger partial charge in [-0.25, -0.2) is 18.7 Å². The first kappa shape index (κ1) is 19.5. The summed E-state index contributed by atoms with van der Waals surface area (Å²) in [6.45, 7) is 4.29. The van der Waals surface area contributed by atoms with Gasteiger partial charge in [0.25, 0.3) is 0 Å². The minimum Gasteiger partial charge on any atom is -0.236 e. The van der Waals surface area contributed by atoms with E-state index in [-0.39, 0.29) is 11.5 Å². The van der Waals surface area contributed by atoms with Gasteiger partial charge in [-0.15, -0.1) is 0 Å². The van der Waals surface area contributed by atoms with E-state index >= 15 is 0 Å². The van der Waals surface area contributed by atoms with Crippen LogP contribution in [0.1, 0.15) is 63.5 Å². The quantitative estimate of drug-likeness (QED) is 0.624. The number of benzene rings is 1. The van der Waals surface area contributed by atoms with E-state index in [4.69, 9.17) is 0 Å². The fourth-order valence-corrected chi connectivity index (χ4v) is 3.63. The van der Waals surface area contributed by atoms with Gasteiger partial charge in [0.1, 0.15) is 11.6 Å². The van der Waals surface area contributed by atoms with Crippen LogP contribution in [0, 0.1) is 35.3 Å². The van der Waals surface area contributed by atoms with E-state index in [1.165, 1.54) is 18.6 Å². The Hall–Kier alpha value is -2.28. The monoisotopic (exact) mass is 368 g/mol. The number of hydrogen-bond acceptors (Lipinski definition) is 2. The summed E-state index contributed by atoms with van der Waals surface area (Å²) in [7, 11) is 0. The van der Waals surface area contributed by atoms with Crippen LogP contribution < -0.4 is 0 Å². The predicted molar refractivity (Wildman–Crippen MR) is 104 cm³/mol. The molecule has 1 saturated carbocycles. The van der Waals surface area contributed by atoms with Crippen molar-refractivity contribution in [2.45, 2.75) is 58.8 Å². The number of aryl methyl sites for hydroxylation is 1. The second-order valence-electron chi connectivity index (χ2n) is 7.38. The molecule has 0 saturated heterocycles. The summed E-state index contributed by atoms with van der Waals surface area (Å²) in [5, 5.41) is 0. The van der Waals surface area contributed by atoms with Crippen LogP contribution in [0.25, 0.3) is 11.4 Å². The number of aromatic nitrogens is 2. The average Bonchev–Trinajstić information content (AvgIpc) is 2.68. The summed E-state index contributed by atoms with van der Waals surface area (Å²) in [6.07, 6.45) is 10.9. The first-order valence-corrected chi connectivity index (χ1v) is 9.92. The zero-order valence-electron chi connectivity index (χ0n) is 16.1. The third-order valence-corrected chi connectivity index (χ3v) is 5.37. The van der Waals surface area contributed by atoms with Gasteiger partial charge in [0.15, 0.2) is 5.82 Å². The average molecular weight is 368 g/mol. The molecule has 1 aliphatic carbocycles. The molecule has 1 aliphatic rings. The highest BCUT2D eigenvalue weighted by atomic mass is 19.1. The van der Waals surface area contributed by atoms with Crippen molar-refractivity contribution in [1.82, 2.24) is 9.97 Å². The minimum atomic E-state index is -0.652. The molecule has 1 fully saturated rings. The van der Waals surface area contributed by atoms with Crippen LogP contribution in [-0.4, -0.2) is 9.97 Å². The number of rotatable bonds is 4. The summed E-state index contributed by atoms with van der Waals surface area (Å²) in [4.78, 5) is 8.47. The maximum atomic E-state index is 14.5. The normalized spacial score (nSPS) is 19.4. The highest BCUT2D eigenvalue weighted by Crippen LogP contribution is 2.30. The molecule has 0 amide bonds. The van der Waals surface area contributed by atoms with Gasteiger partial charge in [-0.1, -0.05) is 38.5 Å². The SMILES string of the molecule is CCCc1cnc(-c2cc(F)c(C#C[C@H]3CC[C@H](CC)CC3)c(F)c2)nc1. The molecule has 0 aliphatic heterocycles. The second-order valence-corrected chi connectivity index (χ2v) is 7.38. The van der Waals surface area contributed by atoms with E-state index in [1.54, 1.807) is 12.4 Å². The van der Waals surface area contributed by atoms with Crippen LogP contribution in [0.5, 0.6) is 0 Å². The lowest BCUT2D eigenvalue weighted by atomic mass is 9.81. The third kappa shape index (κ3) is 4.91. The van der Waals surface area contributed by atoms with Gasteiger partial charge in [0.05, 0.1) is 5.56 Å². The molecule has 142 valence electrons. The molecule has 3 rings (SSSR count). The van der Waals surface area contributed by atoms with Crippen molar-refractivity contribution in [3.63, 3.8) is 0 Å².